The molecule has 0 spiro atoms. The quantitative estimate of drug-likeness (QED) is 0.777. The second-order valence-corrected chi connectivity index (χ2v) is 4.13. The summed E-state index contributed by atoms with van der Waals surface area (Å²) in [6, 6.07) is 10.4. The molecule has 0 aromatic heterocycles. The number of carbonyl (C=O) groups excluding carboxylic acids is 1. The number of rotatable bonds is 3. The Labute approximate surface area is 111 Å². The van der Waals surface area contributed by atoms with Crippen molar-refractivity contribution in [1.29, 1.82) is 5.26 Å². The Kier molecular flexibility index (Phi) is 3.52. The van der Waals surface area contributed by atoms with Gasteiger partial charge in [0, 0.05) is 6.92 Å². The van der Waals surface area contributed by atoms with E-state index in [2.05, 4.69) is 4.99 Å². The summed E-state index contributed by atoms with van der Waals surface area (Å²) in [6.07, 6.45) is 0. The van der Waals surface area contributed by atoms with Crippen LogP contribution in [0.15, 0.2) is 35.3 Å². The molecule has 19 heavy (non-hydrogen) atoms. The molecule has 0 bridgehead atoms. The molecular weight excluding hydrogens is 244 g/mol. The molecule has 98 valence electrons. The van der Waals surface area contributed by atoms with Crippen molar-refractivity contribution in [1.82, 2.24) is 0 Å². The molecule has 2 atom stereocenters. The first-order valence-electron chi connectivity index (χ1n) is 6.01. The third kappa shape index (κ3) is 2.17. The molecule has 1 aliphatic rings. The van der Waals surface area contributed by atoms with E-state index >= 15 is 0 Å². The highest BCUT2D eigenvalue weighted by Gasteiger charge is 2.55. The van der Waals surface area contributed by atoms with E-state index in [1.165, 1.54) is 0 Å². The minimum Gasteiger partial charge on any atom is -0.462 e. The highest BCUT2D eigenvalue weighted by molar-refractivity contribution is 5.91. The Morgan fingerprint density at radius 1 is 1.53 bits per heavy atom. The van der Waals surface area contributed by atoms with Crippen LogP contribution in [-0.2, 0) is 14.3 Å². The zero-order valence-corrected chi connectivity index (χ0v) is 10.8. The Morgan fingerprint density at radius 3 is 2.79 bits per heavy atom. The van der Waals surface area contributed by atoms with Gasteiger partial charge in [-0.15, -0.1) is 0 Å². The van der Waals surface area contributed by atoms with E-state index in [1.807, 2.05) is 24.3 Å². The average Bonchev–Trinajstić information content (AvgIpc) is 2.78. The summed E-state index contributed by atoms with van der Waals surface area (Å²) >= 11 is 0. The van der Waals surface area contributed by atoms with Crippen LogP contribution >= 0.6 is 0 Å². The van der Waals surface area contributed by atoms with E-state index < -0.39 is 17.6 Å². The lowest BCUT2D eigenvalue weighted by Crippen LogP contribution is -2.44. The van der Waals surface area contributed by atoms with Crippen LogP contribution in [-0.4, -0.2) is 24.1 Å². The number of esters is 1. The lowest BCUT2D eigenvalue weighted by atomic mass is 9.90. The predicted molar refractivity (Wildman–Crippen MR) is 68.4 cm³/mol. The molecule has 1 heterocycles. The number of benzene rings is 1. The van der Waals surface area contributed by atoms with Crippen molar-refractivity contribution in [3.63, 3.8) is 0 Å². The van der Waals surface area contributed by atoms with Crippen LogP contribution in [0, 0.1) is 11.3 Å². The first-order valence-corrected chi connectivity index (χ1v) is 6.01. The Bertz CT molecular complexity index is 548. The number of hydrogen-bond donors (Lipinski definition) is 0. The topological polar surface area (TPSA) is 71.7 Å². The van der Waals surface area contributed by atoms with Crippen LogP contribution in [0.4, 0.5) is 0 Å². The van der Waals surface area contributed by atoms with Crippen LogP contribution < -0.4 is 0 Å². The lowest BCUT2D eigenvalue weighted by Gasteiger charge is -2.24. The molecule has 0 saturated carbocycles. The zero-order valence-electron chi connectivity index (χ0n) is 10.8. The predicted octanol–water partition coefficient (Wildman–Crippen LogP) is 2.00. The third-order valence-electron chi connectivity index (χ3n) is 2.86. The van der Waals surface area contributed by atoms with Gasteiger partial charge in [-0.05, 0) is 12.5 Å². The maximum atomic E-state index is 12.1. The summed E-state index contributed by atoms with van der Waals surface area (Å²) in [6.45, 7) is 3.49. The molecule has 5 heteroatoms. The van der Waals surface area contributed by atoms with Gasteiger partial charge in [0.1, 0.15) is 12.1 Å². The fraction of sp³-hybridized carbons (Fsp3) is 0.357. The molecule has 0 saturated heterocycles. The first-order chi connectivity index (χ1) is 9.14. The van der Waals surface area contributed by atoms with Gasteiger partial charge in [0.15, 0.2) is 5.90 Å². The SMILES string of the molecule is CCOC(=O)C1(C#N)OC(C)=NC1c1ccccc1. The molecular formula is C14H14N2O3. The van der Waals surface area contributed by atoms with Crippen LogP contribution in [0.3, 0.4) is 0 Å². The van der Waals surface area contributed by atoms with Crippen molar-refractivity contribution >= 4 is 11.9 Å². The Hall–Kier alpha value is -2.35. The standard InChI is InChI=1S/C14H14N2O3/c1-3-18-13(17)14(9-15)12(16-10(2)19-14)11-7-5-4-6-8-11/h4-8,12H,3H2,1-2H3. The Morgan fingerprint density at radius 2 is 2.21 bits per heavy atom. The van der Waals surface area contributed by atoms with Gasteiger partial charge in [0.2, 0.25) is 0 Å². The molecule has 0 N–H and O–H groups in total. The number of ether oxygens (including phenoxy) is 2. The summed E-state index contributed by atoms with van der Waals surface area (Å²) in [5.74, 6) is -0.393. The van der Waals surface area contributed by atoms with Crippen molar-refractivity contribution in [3.05, 3.63) is 35.9 Å². The maximum absolute atomic E-state index is 12.1. The van der Waals surface area contributed by atoms with E-state index in [0.29, 0.717) is 5.90 Å². The summed E-state index contributed by atoms with van der Waals surface area (Å²) in [7, 11) is 0. The van der Waals surface area contributed by atoms with Crippen molar-refractivity contribution in [2.45, 2.75) is 25.5 Å². The number of nitrogens with zero attached hydrogens (tertiary/aromatic N) is 2. The largest absolute Gasteiger partial charge is 0.462 e. The van der Waals surface area contributed by atoms with Gasteiger partial charge >= 0.3 is 11.6 Å². The van der Waals surface area contributed by atoms with Crippen molar-refractivity contribution < 1.29 is 14.3 Å². The van der Waals surface area contributed by atoms with Gasteiger partial charge in [-0.3, -0.25) is 0 Å². The van der Waals surface area contributed by atoms with Crippen LogP contribution in [0.5, 0.6) is 0 Å². The van der Waals surface area contributed by atoms with Gasteiger partial charge in [-0.1, -0.05) is 30.3 Å². The van der Waals surface area contributed by atoms with Crippen LogP contribution in [0.1, 0.15) is 25.5 Å². The molecule has 2 unspecified atom stereocenters. The molecule has 0 radical (unpaired) electrons. The molecule has 1 aromatic rings. The van der Waals surface area contributed by atoms with Gasteiger partial charge in [0.05, 0.1) is 6.61 Å². The van der Waals surface area contributed by atoms with Crippen molar-refractivity contribution in [3.8, 4) is 6.07 Å². The highest BCUT2D eigenvalue weighted by atomic mass is 16.6. The fourth-order valence-corrected chi connectivity index (χ4v) is 2.05. The normalized spacial score (nSPS) is 25.1. The van der Waals surface area contributed by atoms with Gasteiger partial charge < -0.3 is 9.47 Å². The number of aliphatic imine (C=N–C) groups is 1. The molecule has 1 aromatic carbocycles. The first kappa shape index (κ1) is 13.1. The van der Waals surface area contributed by atoms with Crippen LogP contribution in [0.25, 0.3) is 0 Å². The van der Waals surface area contributed by atoms with Gasteiger partial charge in [0.25, 0.3) is 0 Å². The fourth-order valence-electron chi connectivity index (χ4n) is 2.05. The molecule has 5 nitrogen and oxygen atoms in total. The number of nitriles is 1. The van der Waals surface area contributed by atoms with Crippen LogP contribution in [0.2, 0.25) is 0 Å². The molecule has 0 amide bonds. The molecule has 0 aliphatic carbocycles. The van der Waals surface area contributed by atoms with E-state index in [9.17, 15) is 10.1 Å². The van der Waals surface area contributed by atoms with E-state index in [-0.39, 0.29) is 6.61 Å². The number of hydrogen-bond acceptors (Lipinski definition) is 5. The molecule has 1 aliphatic heterocycles. The monoisotopic (exact) mass is 258 g/mol. The maximum Gasteiger partial charge on any atom is 0.368 e. The minimum atomic E-state index is -1.72. The second kappa shape index (κ2) is 5.11. The zero-order chi connectivity index (χ0) is 13.9. The van der Waals surface area contributed by atoms with Gasteiger partial charge in [-0.2, -0.15) is 5.26 Å². The molecule has 0 fully saturated rings. The van der Waals surface area contributed by atoms with Crippen molar-refractivity contribution in [2.24, 2.45) is 4.99 Å². The highest BCUT2D eigenvalue weighted by Crippen LogP contribution is 2.38. The lowest BCUT2D eigenvalue weighted by molar-refractivity contribution is -0.158. The van der Waals surface area contributed by atoms with E-state index in [0.717, 1.165) is 5.56 Å². The number of carbonyl (C=O) groups is 1. The smallest absolute Gasteiger partial charge is 0.368 e. The minimum absolute atomic E-state index is 0.187. The third-order valence-corrected chi connectivity index (χ3v) is 2.86. The summed E-state index contributed by atoms with van der Waals surface area (Å²) in [5, 5.41) is 9.41. The van der Waals surface area contributed by atoms with E-state index in [4.69, 9.17) is 9.47 Å². The average molecular weight is 258 g/mol. The van der Waals surface area contributed by atoms with Gasteiger partial charge in [-0.25, -0.2) is 9.79 Å². The van der Waals surface area contributed by atoms with Crippen molar-refractivity contribution in [2.75, 3.05) is 6.61 Å². The summed E-state index contributed by atoms with van der Waals surface area (Å²) < 4.78 is 10.4. The second-order valence-electron chi connectivity index (χ2n) is 4.13. The summed E-state index contributed by atoms with van der Waals surface area (Å²) in [5.41, 5.74) is -0.976. The van der Waals surface area contributed by atoms with E-state index in [1.54, 1.807) is 26.0 Å². The molecule has 2 rings (SSSR count). The summed E-state index contributed by atoms with van der Waals surface area (Å²) in [4.78, 5) is 16.3. The Balaban J connectivity index is 2.44.